The lowest BCUT2D eigenvalue weighted by Crippen LogP contribution is -2.29. The van der Waals surface area contributed by atoms with Crippen LogP contribution < -0.4 is 5.32 Å². The molecule has 0 atom stereocenters. The van der Waals surface area contributed by atoms with Crippen molar-refractivity contribution in [1.82, 2.24) is 24.9 Å². The first-order valence-corrected chi connectivity index (χ1v) is 10.2. The second-order valence-corrected chi connectivity index (χ2v) is 7.51. The zero-order chi connectivity index (χ0) is 23.4. The zero-order valence-corrected chi connectivity index (χ0v) is 17.9. The normalized spacial score (nSPS) is 11.2. The van der Waals surface area contributed by atoms with Gasteiger partial charge < -0.3 is 20.1 Å². The van der Waals surface area contributed by atoms with Gasteiger partial charge in [0.05, 0.1) is 24.9 Å². The number of benzene rings is 1. The lowest BCUT2D eigenvalue weighted by atomic mass is 10.1. The molecular weight excluding hydrogens is 427 g/mol. The summed E-state index contributed by atoms with van der Waals surface area (Å²) in [7, 11) is 0. The maximum absolute atomic E-state index is 14.3. The van der Waals surface area contributed by atoms with E-state index >= 15 is 0 Å². The van der Waals surface area contributed by atoms with E-state index in [9.17, 15) is 14.6 Å². The number of aromatic nitrogens is 5. The first kappa shape index (κ1) is 22.3. The molecule has 4 rings (SSSR count). The fraction of sp³-hybridized carbons (Fsp3) is 0.217. The van der Waals surface area contributed by atoms with Crippen molar-refractivity contribution in [2.75, 3.05) is 18.5 Å². The van der Waals surface area contributed by atoms with Crippen LogP contribution in [0, 0.1) is 5.82 Å². The second kappa shape index (κ2) is 9.72. The van der Waals surface area contributed by atoms with Gasteiger partial charge in [0, 0.05) is 36.0 Å². The second-order valence-electron chi connectivity index (χ2n) is 7.51. The number of nitrogens with zero attached hydrogens (tertiary/aromatic N) is 5. The molecule has 3 heterocycles. The molecule has 0 radical (unpaired) electrons. The van der Waals surface area contributed by atoms with Crippen LogP contribution in [0.1, 0.15) is 23.7 Å². The molecule has 9 nitrogen and oxygen atoms in total. The third-order valence-corrected chi connectivity index (χ3v) is 5.04. The van der Waals surface area contributed by atoms with Gasteiger partial charge in [0.25, 0.3) is 5.95 Å². The number of halogens is 1. The van der Waals surface area contributed by atoms with E-state index < -0.39 is 6.04 Å². The van der Waals surface area contributed by atoms with Crippen molar-refractivity contribution in [1.29, 1.82) is 0 Å². The van der Waals surface area contributed by atoms with Crippen molar-refractivity contribution < 1.29 is 19.1 Å². The Hall–Kier alpha value is -3.89. The summed E-state index contributed by atoms with van der Waals surface area (Å²) in [6.07, 6.45) is 4.97. The summed E-state index contributed by atoms with van der Waals surface area (Å²) in [5.41, 5.74) is 3.60. The van der Waals surface area contributed by atoms with Crippen LogP contribution in [-0.4, -0.2) is 54.4 Å². The van der Waals surface area contributed by atoms with Crippen LogP contribution in [0.2, 0.25) is 0 Å². The van der Waals surface area contributed by atoms with Gasteiger partial charge in [0.1, 0.15) is 23.6 Å². The van der Waals surface area contributed by atoms with E-state index in [4.69, 9.17) is 4.52 Å². The Morgan fingerprint density at radius 1 is 1.24 bits per heavy atom. The highest BCUT2D eigenvalue weighted by molar-refractivity contribution is 5.71. The van der Waals surface area contributed by atoms with Gasteiger partial charge >= 0.3 is 0 Å². The molecule has 0 aliphatic carbocycles. The van der Waals surface area contributed by atoms with Gasteiger partial charge in [-0.15, -0.1) is 0 Å². The SMILES string of the molecule is C=C(C)c1cnc(-n2cc(-c3ccon3)c(Cc3ccccc3F)n2)nc1NC(CO)CO. The van der Waals surface area contributed by atoms with E-state index in [0.717, 1.165) is 0 Å². The van der Waals surface area contributed by atoms with Crippen molar-refractivity contribution in [3.8, 4) is 17.2 Å². The summed E-state index contributed by atoms with van der Waals surface area (Å²) < 4.78 is 20.7. The molecular formula is C23H23FN6O3. The van der Waals surface area contributed by atoms with Crippen LogP contribution in [0.3, 0.4) is 0 Å². The summed E-state index contributed by atoms with van der Waals surface area (Å²) >= 11 is 0. The van der Waals surface area contributed by atoms with E-state index in [1.807, 2.05) is 0 Å². The number of aliphatic hydroxyl groups excluding tert-OH is 2. The Morgan fingerprint density at radius 2 is 2.03 bits per heavy atom. The average Bonchev–Trinajstić information content (AvgIpc) is 3.49. The third-order valence-electron chi connectivity index (χ3n) is 5.04. The molecule has 0 amide bonds. The van der Waals surface area contributed by atoms with Crippen LogP contribution in [0.25, 0.3) is 22.8 Å². The molecule has 0 unspecified atom stereocenters. The number of aliphatic hydroxyl groups is 2. The molecule has 3 aromatic heterocycles. The minimum absolute atomic E-state index is 0.230. The van der Waals surface area contributed by atoms with Crippen molar-refractivity contribution in [3.05, 3.63) is 78.2 Å². The first-order chi connectivity index (χ1) is 16.0. The molecule has 0 saturated carbocycles. The van der Waals surface area contributed by atoms with Gasteiger partial charge in [-0.3, -0.25) is 0 Å². The number of nitrogens with one attached hydrogen (secondary N) is 1. The molecule has 10 heteroatoms. The maximum Gasteiger partial charge on any atom is 0.252 e. The summed E-state index contributed by atoms with van der Waals surface area (Å²) in [6, 6.07) is 7.58. The van der Waals surface area contributed by atoms with E-state index in [-0.39, 0.29) is 31.4 Å². The monoisotopic (exact) mass is 450 g/mol. The molecule has 0 spiro atoms. The highest BCUT2D eigenvalue weighted by Gasteiger charge is 2.19. The molecule has 0 bridgehead atoms. The molecule has 0 fully saturated rings. The van der Waals surface area contributed by atoms with Crippen LogP contribution >= 0.6 is 0 Å². The smallest absolute Gasteiger partial charge is 0.252 e. The largest absolute Gasteiger partial charge is 0.394 e. The van der Waals surface area contributed by atoms with Gasteiger partial charge in [0.15, 0.2) is 0 Å². The molecule has 0 aliphatic heterocycles. The fourth-order valence-corrected chi connectivity index (χ4v) is 3.28. The molecule has 3 N–H and O–H groups in total. The van der Waals surface area contributed by atoms with Crippen LogP contribution in [0.15, 0.2) is 60.1 Å². The van der Waals surface area contributed by atoms with Gasteiger partial charge in [-0.2, -0.15) is 10.1 Å². The quantitative estimate of drug-likeness (QED) is 0.356. The predicted molar refractivity (Wildman–Crippen MR) is 120 cm³/mol. The Morgan fingerprint density at radius 3 is 2.70 bits per heavy atom. The summed E-state index contributed by atoms with van der Waals surface area (Å²) in [5, 5.41) is 30.5. The van der Waals surface area contributed by atoms with Crippen LogP contribution in [0.4, 0.5) is 10.2 Å². The lowest BCUT2D eigenvalue weighted by Gasteiger charge is -2.17. The molecule has 33 heavy (non-hydrogen) atoms. The van der Waals surface area contributed by atoms with Crippen molar-refractivity contribution in [2.45, 2.75) is 19.4 Å². The summed E-state index contributed by atoms with van der Waals surface area (Å²) in [5.74, 6) is 0.308. The maximum atomic E-state index is 14.3. The van der Waals surface area contributed by atoms with Crippen molar-refractivity contribution >= 4 is 11.4 Å². The molecule has 1 aromatic carbocycles. The number of hydrogen-bond acceptors (Lipinski definition) is 8. The summed E-state index contributed by atoms with van der Waals surface area (Å²) in [6.45, 7) is 5.18. The van der Waals surface area contributed by atoms with Gasteiger partial charge in [-0.05, 0) is 24.1 Å². The highest BCUT2D eigenvalue weighted by atomic mass is 19.1. The molecule has 0 aliphatic rings. The van der Waals surface area contributed by atoms with Gasteiger partial charge in [0.2, 0.25) is 0 Å². The van der Waals surface area contributed by atoms with E-state index in [1.165, 1.54) is 17.0 Å². The number of hydrogen-bond donors (Lipinski definition) is 3. The molecule has 4 aromatic rings. The Bertz CT molecular complexity index is 1250. The molecule has 0 saturated heterocycles. The minimum Gasteiger partial charge on any atom is -0.394 e. The van der Waals surface area contributed by atoms with Crippen LogP contribution in [-0.2, 0) is 6.42 Å². The van der Waals surface area contributed by atoms with Crippen LogP contribution in [0.5, 0.6) is 0 Å². The Kier molecular flexibility index (Phi) is 6.57. The predicted octanol–water partition coefficient (Wildman–Crippen LogP) is 2.85. The Balaban J connectivity index is 1.77. The van der Waals surface area contributed by atoms with E-state index in [2.05, 4.69) is 32.1 Å². The summed E-state index contributed by atoms with van der Waals surface area (Å²) in [4.78, 5) is 8.93. The minimum atomic E-state index is -0.606. The van der Waals surface area contributed by atoms with Crippen molar-refractivity contribution in [3.63, 3.8) is 0 Å². The third kappa shape index (κ3) is 4.81. The topological polar surface area (TPSA) is 122 Å². The van der Waals surface area contributed by atoms with Gasteiger partial charge in [-0.1, -0.05) is 29.9 Å². The first-order valence-electron chi connectivity index (χ1n) is 10.2. The van der Waals surface area contributed by atoms with Crippen molar-refractivity contribution in [2.24, 2.45) is 0 Å². The fourth-order valence-electron chi connectivity index (χ4n) is 3.28. The lowest BCUT2D eigenvalue weighted by molar-refractivity contribution is 0.203. The number of rotatable bonds is 9. The van der Waals surface area contributed by atoms with E-state index in [0.29, 0.717) is 39.5 Å². The number of anilines is 1. The van der Waals surface area contributed by atoms with E-state index in [1.54, 1.807) is 43.6 Å². The molecule has 170 valence electrons. The van der Waals surface area contributed by atoms with Gasteiger partial charge in [-0.25, -0.2) is 14.1 Å². The zero-order valence-electron chi connectivity index (χ0n) is 17.9. The average molecular weight is 450 g/mol. The standard InChI is InChI=1S/C23H23FN6O3/c1-14(2)17-10-25-23(27-22(17)26-16(12-31)13-32)30-11-18(20-7-8-33-29-20)21(28-30)9-15-5-3-4-6-19(15)24/h3-8,10-11,16,31-32H,1,9,12-13H2,2H3,(H,25,26,27). The Labute approximate surface area is 189 Å². The highest BCUT2D eigenvalue weighted by Crippen LogP contribution is 2.27. The number of allylic oxidation sites excluding steroid dienone is 1.